The molecule has 9 nitrogen and oxygen atoms in total. The van der Waals surface area contributed by atoms with Gasteiger partial charge in [0.1, 0.15) is 5.75 Å². The number of hydrogen-bond acceptors (Lipinski definition) is 6. The van der Waals surface area contributed by atoms with Crippen molar-refractivity contribution in [1.29, 1.82) is 0 Å². The number of fused-ring (bicyclic) bond motifs is 1. The van der Waals surface area contributed by atoms with Crippen molar-refractivity contribution in [3.05, 3.63) is 84.4 Å². The Hall–Kier alpha value is -4.40. The zero-order valence-corrected chi connectivity index (χ0v) is 21.1. The van der Waals surface area contributed by atoms with Gasteiger partial charge in [0.25, 0.3) is 5.91 Å². The van der Waals surface area contributed by atoms with Crippen LogP contribution in [0.1, 0.15) is 16.2 Å². The number of ether oxygens (including phenoxy) is 1. The molecule has 1 saturated heterocycles. The number of carbonyl (C=O) groups excluding carboxylic acids is 2. The number of rotatable bonds is 7. The lowest BCUT2D eigenvalue weighted by Crippen LogP contribution is -2.51. The Labute approximate surface area is 215 Å². The van der Waals surface area contributed by atoms with Crippen LogP contribution in [0.15, 0.2) is 73.1 Å². The van der Waals surface area contributed by atoms with Gasteiger partial charge in [0.05, 0.1) is 24.7 Å². The second-order valence-electron chi connectivity index (χ2n) is 9.09. The highest BCUT2D eigenvalue weighted by atomic mass is 16.5. The summed E-state index contributed by atoms with van der Waals surface area (Å²) in [5.74, 6) is 0.738. The smallest absolute Gasteiger partial charge is 0.290 e. The van der Waals surface area contributed by atoms with Crippen molar-refractivity contribution in [2.75, 3.05) is 51.8 Å². The van der Waals surface area contributed by atoms with Gasteiger partial charge in [-0.1, -0.05) is 24.3 Å². The number of imidazole rings is 1. The van der Waals surface area contributed by atoms with Gasteiger partial charge in [0, 0.05) is 57.9 Å². The number of piperazine rings is 1. The minimum absolute atomic E-state index is 0.000167. The Bertz CT molecular complexity index is 1380. The van der Waals surface area contributed by atoms with Crippen LogP contribution in [0.5, 0.6) is 5.75 Å². The van der Waals surface area contributed by atoms with E-state index in [1.807, 2.05) is 70.1 Å². The first kappa shape index (κ1) is 24.3. The van der Waals surface area contributed by atoms with E-state index in [0.29, 0.717) is 25.5 Å². The van der Waals surface area contributed by atoms with Crippen LogP contribution >= 0.6 is 0 Å². The standard InChI is InChI=1S/C28H30N6O3/c1-31(20-26(35)33-17-15-32(16-18-33)22-11-13-29-14-12-22)28(36)27-30-24-5-3-4-6-25(24)34(27)19-21-7-9-23(37-2)10-8-21/h3-14H,15-20H2,1-2H3. The van der Waals surface area contributed by atoms with E-state index in [1.165, 1.54) is 4.90 Å². The Balaban J connectivity index is 1.28. The topological polar surface area (TPSA) is 83.8 Å². The molecule has 2 aromatic heterocycles. The number of likely N-dealkylation sites (N-methyl/N-ethyl adjacent to an activating group) is 1. The van der Waals surface area contributed by atoms with Crippen LogP contribution in [-0.2, 0) is 11.3 Å². The molecule has 0 unspecified atom stereocenters. The maximum atomic E-state index is 13.5. The summed E-state index contributed by atoms with van der Waals surface area (Å²) in [4.78, 5) is 40.8. The molecule has 0 spiro atoms. The van der Waals surface area contributed by atoms with Gasteiger partial charge in [0.2, 0.25) is 11.7 Å². The summed E-state index contributed by atoms with van der Waals surface area (Å²) in [5, 5.41) is 0. The fraction of sp³-hybridized carbons (Fsp3) is 0.286. The molecule has 0 N–H and O–H groups in total. The van der Waals surface area contributed by atoms with Gasteiger partial charge >= 0.3 is 0 Å². The third-order valence-corrected chi connectivity index (χ3v) is 6.72. The van der Waals surface area contributed by atoms with E-state index in [1.54, 1.807) is 26.6 Å². The fourth-order valence-electron chi connectivity index (χ4n) is 4.63. The molecular weight excluding hydrogens is 468 g/mol. The summed E-state index contributed by atoms with van der Waals surface area (Å²) < 4.78 is 7.17. The van der Waals surface area contributed by atoms with Crippen LogP contribution in [-0.4, -0.2) is 83.0 Å². The van der Waals surface area contributed by atoms with E-state index in [2.05, 4.69) is 14.9 Å². The lowest BCUT2D eigenvalue weighted by atomic mass is 10.2. The minimum Gasteiger partial charge on any atom is -0.497 e. The van der Waals surface area contributed by atoms with Crippen LogP contribution in [0, 0.1) is 0 Å². The monoisotopic (exact) mass is 498 g/mol. The van der Waals surface area contributed by atoms with E-state index in [4.69, 9.17) is 4.74 Å². The van der Waals surface area contributed by atoms with Gasteiger partial charge in [-0.25, -0.2) is 4.98 Å². The largest absolute Gasteiger partial charge is 0.497 e. The number of hydrogen-bond donors (Lipinski definition) is 0. The SMILES string of the molecule is COc1ccc(Cn2c(C(=O)N(C)CC(=O)N3CCN(c4ccncc4)CC3)nc3ccccc32)cc1. The van der Waals surface area contributed by atoms with Gasteiger partial charge < -0.3 is 24.0 Å². The predicted molar refractivity (Wildman–Crippen MR) is 142 cm³/mol. The normalized spacial score (nSPS) is 13.6. The van der Waals surface area contributed by atoms with Crippen molar-refractivity contribution < 1.29 is 14.3 Å². The number of nitrogens with zero attached hydrogens (tertiary/aromatic N) is 6. The summed E-state index contributed by atoms with van der Waals surface area (Å²) in [6.45, 7) is 3.18. The van der Waals surface area contributed by atoms with Crippen LogP contribution in [0.25, 0.3) is 11.0 Å². The minimum atomic E-state index is -0.284. The third-order valence-electron chi connectivity index (χ3n) is 6.72. The zero-order chi connectivity index (χ0) is 25.8. The van der Waals surface area contributed by atoms with Crippen LogP contribution in [0.2, 0.25) is 0 Å². The van der Waals surface area contributed by atoms with Gasteiger partial charge in [-0.2, -0.15) is 0 Å². The molecule has 0 atom stereocenters. The predicted octanol–water partition coefficient (Wildman–Crippen LogP) is 2.91. The molecule has 9 heteroatoms. The molecule has 2 aromatic carbocycles. The molecule has 0 bridgehead atoms. The Morgan fingerprint density at radius 1 is 0.946 bits per heavy atom. The zero-order valence-electron chi connectivity index (χ0n) is 21.1. The molecule has 0 radical (unpaired) electrons. The van der Waals surface area contributed by atoms with Crippen molar-refractivity contribution in [3.63, 3.8) is 0 Å². The summed E-state index contributed by atoms with van der Waals surface area (Å²) in [7, 11) is 3.29. The molecule has 0 aliphatic carbocycles. The van der Waals surface area contributed by atoms with Crippen LogP contribution in [0.3, 0.4) is 0 Å². The summed E-state index contributed by atoms with van der Waals surface area (Å²) in [6.07, 6.45) is 3.55. The Kier molecular flexibility index (Phi) is 7.02. The molecule has 190 valence electrons. The lowest BCUT2D eigenvalue weighted by Gasteiger charge is -2.36. The number of pyridine rings is 1. The third kappa shape index (κ3) is 5.25. The molecule has 3 heterocycles. The second kappa shape index (κ2) is 10.7. The van der Waals surface area contributed by atoms with Crippen LogP contribution < -0.4 is 9.64 Å². The van der Waals surface area contributed by atoms with Crippen molar-refractivity contribution in [2.24, 2.45) is 0 Å². The van der Waals surface area contributed by atoms with Gasteiger partial charge in [-0.3, -0.25) is 14.6 Å². The van der Waals surface area contributed by atoms with Crippen LogP contribution in [0.4, 0.5) is 5.69 Å². The van der Waals surface area contributed by atoms with Crippen molar-refractivity contribution >= 4 is 28.5 Å². The first-order chi connectivity index (χ1) is 18.0. The molecule has 2 amide bonds. The fourth-order valence-corrected chi connectivity index (χ4v) is 4.63. The summed E-state index contributed by atoms with van der Waals surface area (Å²) in [5.41, 5.74) is 3.73. The van der Waals surface area contributed by atoms with E-state index >= 15 is 0 Å². The molecule has 1 aliphatic heterocycles. The quantitative estimate of drug-likeness (QED) is 0.390. The molecule has 0 saturated carbocycles. The first-order valence-electron chi connectivity index (χ1n) is 12.3. The second-order valence-corrected chi connectivity index (χ2v) is 9.09. The van der Waals surface area contributed by atoms with Gasteiger partial charge in [-0.15, -0.1) is 0 Å². The van der Waals surface area contributed by atoms with E-state index in [0.717, 1.165) is 41.1 Å². The highest BCUT2D eigenvalue weighted by molar-refractivity contribution is 5.96. The van der Waals surface area contributed by atoms with E-state index in [9.17, 15) is 9.59 Å². The highest BCUT2D eigenvalue weighted by Gasteiger charge is 2.26. The number of aromatic nitrogens is 3. The number of carbonyl (C=O) groups is 2. The number of amides is 2. The average molecular weight is 499 g/mol. The average Bonchev–Trinajstić information content (AvgIpc) is 3.31. The first-order valence-corrected chi connectivity index (χ1v) is 12.3. The summed E-state index contributed by atoms with van der Waals surface area (Å²) in [6, 6.07) is 19.4. The van der Waals surface area contributed by atoms with Crippen molar-refractivity contribution in [3.8, 4) is 5.75 Å². The number of anilines is 1. The molecule has 37 heavy (non-hydrogen) atoms. The number of benzene rings is 2. The molecule has 4 aromatic rings. The lowest BCUT2D eigenvalue weighted by molar-refractivity contribution is -0.132. The summed E-state index contributed by atoms with van der Waals surface area (Å²) >= 11 is 0. The Morgan fingerprint density at radius 3 is 2.35 bits per heavy atom. The maximum absolute atomic E-state index is 13.5. The highest BCUT2D eigenvalue weighted by Crippen LogP contribution is 2.21. The molecule has 5 rings (SSSR count). The number of methoxy groups -OCH3 is 1. The van der Waals surface area contributed by atoms with Crippen molar-refractivity contribution in [1.82, 2.24) is 24.3 Å². The van der Waals surface area contributed by atoms with Crippen molar-refractivity contribution in [2.45, 2.75) is 6.54 Å². The van der Waals surface area contributed by atoms with E-state index in [-0.39, 0.29) is 18.4 Å². The van der Waals surface area contributed by atoms with Gasteiger partial charge in [0.15, 0.2) is 0 Å². The molecular formula is C28H30N6O3. The van der Waals surface area contributed by atoms with Gasteiger partial charge in [-0.05, 0) is 42.0 Å². The molecule has 1 aliphatic rings. The maximum Gasteiger partial charge on any atom is 0.290 e. The Morgan fingerprint density at radius 2 is 1.65 bits per heavy atom. The van der Waals surface area contributed by atoms with E-state index < -0.39 is 0 Å². The number of para-hydroxylation sites is 2. The molecule has 1 fully saturated rings.